The van der Waals surface area contributed by atoms with Crippen LogP contribution in [0.5, 0.6) is 0 Å². The number of nitrogens with zero attached hydrogens (tertiary/aromatic N) is 1. The van der Waals surface area contributed by atoms with Gasteiger partial charge in [-0.05, 0) is 24.3 Å². The maximum atomic E-state index is 11.9. The Bertz CT molecular complexity index is 637. The Kier molecular flexibility index (Phi) is 4.94. The number of nitrogens with one attached hydrogen (secondary N) is 2. The van der Waals surface area contributed by atoms with Crippen LogP contribution >= 0.6 is 27.5 Å². The lowest BCUT2D eigenvalue weighted by Crippen LogP contribution is -2.20. The number of hydrogen-bond acceptors (Lipinski definition) is 3. The standard InChI is InChI=1S/C13H11BrClN3O2/c14-10-2-1-3-11(9(10)7-19)18-13(20)17-8-4-5-16-12(15)6-8/h1-6,19H,7H2,(H2,16,17,18,20). The van der Waals surface area contributed by atoms with Crippen LogP contribution < -0.4 is 10.6 Å². The summed E-state index contributed by atoms with van der Waals surface area (Å²) in [6.45, 7) is -0.182. The fraction of sp³-hybridized carbons (Fsp3) is 0.0769. The molecule has 0 spiro atoms. The first-order chi connectivity index (χ1) is 9.60. The predicted molar refractivity (Wildman–Crippen MR) is 82.0 cm³/mol. The van der Waals surface area contributed by atoms with Crippen LogP contribution in [-0.4, -0.2) is 16.1 Å². The molecule has 1 aromatic heterocycles. The van der Waals surface area contributed by atoms with E-state index in [1.165, 1.54) is 12.3 Å². The molecule has 0 fully saturated rings. The van der Waals surface area contributed by atoms with Crippen LogP contribution in [-0.2, 0) is 6.61 Å². The van der Waals surface area contributed by atoms with Gasteiger partial charge in [-0.25, -0.2) is 9.78 Å². The molecule has 2 amide bonds. The fourth-order valence-corrected chi connectivity index (χ4v) is 2.27. The normalized spacial score (nSPS) is 10.2. The Hall–Kier alpha value is -1.63. The molecule has 0 bridgehead atoms. The summed E-state index contributed by atoms with van der Waals surface area (Å²) in [6.07, 6.45) is 1.50. The van der Waals surface area contributed by atoms with Gasteiger partial charge in [-0.1, -0.05) is 33.6 Å². The van der Waals surface area contributed by atoms with E-state index in [9.17, 15) is 9.90 Å². The highest BCUT2D eigenvalue weighted by Gasteiger charge is 2.09. The monoisotopic (exact) mass is 355 g/mol. The third kappa shape index (κ3) is 3.69. The zero-order valence-electron chi connectivity index (χ0n) is 10.2. The largest absolute Gasteiger partial charge is 0.392 e. The second-order valence-corrected chi connectivity index (χ2v) is 5.11. The molecule has 0 aliphatic heterocycles. The number of halogens is 2. The van der Waals surface area contributed by atoms with Crippen molar-refractivity contribution in [3.8, 4) is 0 Å². The maximum Gasteiger partial charge on any atom is 0.323 e. The number of aliphatic hydroxyl groups is 1. The molecule has 0 aliphatic carbocycles. The lowest BCUT2D eigenvalue weighted by molar-refractivity contribution is 0.262. The van der Waals surface area contributed by atoms with Crippen LogP contribution in [0.3, 0.4) is 0 Å². The van der Waals surface area contributed by atoms with Crippen molar-refractivity contribution in [2.45, 2.75) is 6.61 Å². The number of rotatable bonds is 3. The first-order valence-electron chi connectivity index (χ1n) is 5.68. The number of benzene rings is 1. The van der Waals surface area contributed by atoms with E-state index < -0.39 is 6.03 Å². The zero-order chi connectivity index (χ0) is 14.5. The minimum atomic E-state index is -0.430. The number of anilines is 2. The molecule has 0 aliphatic rings. The summed E-state index contributed by atoms with van der Waals surface area (Å²) in [6, 6.07) is 7.99. The van der Waals surface area contributed by atoms with E-state index in [4.69, 9.17) is 11.6 Å². The number of amides is 2. The molecule has 104 valence electrons. The van der Waals surface area contributed by atoms with Crippen LogP contribution in [0.15, 0.2) is 41.0 Å². The fourth-order valence-electron chi connectivity index (χ4n) is 1.60. The Morgan fingerprint density at radius 1 is 1.35 bits per heavy atom. The highest BCUT2D eigenvalue weighted by atomic mass is 79.9. The second kappa shape index (κ2) is 6.69. The number of carbonyl (C=O) groups is 1. The van der Waals surface area contributed by atoms with Gasteiger partial charge in [0.15, 0.2) is 0 Å². The van der Waals surface area contributed by atoms with Crippen molar-refractivity contribution in [1.29, 1.82) is 0 Å². The molecule has 0 unspecified atom stereocenters. The number of carbonyl (C=O) groups excluding carboxylic acids is 1. The number of aromatic nitrogens is 1. The summed E-state index contributed by atoms with van der Waals surface area (Å²) < 4.78 is 0.727. The Morgan fingerprint density at radius 2 is 2.15 bits per heavy atom. The van der Waals surface area contributed by atoms with Crippen molar-refractivity contribution < 1.29 is 9.90 Å². The van der Waals surface area contributed by atoms with E-state index in [-0.39, 0.29) is 6.61 Å². The van der Waals surface area contributed by atoms with Crippen LogP contribution in [0.4, 0.5) is 16.2 Å². The molecule has 1 aromatic carbocycles. The molecule has 5 nitrogen and oxygen atoms in total. The Balaban J connectivity index is 2.11. The van der Waals surface area contributed by atoms with Crippen molar-refractivity contribution in [1.82, 2.24) is 4.98 Å². The van der Waals surface area contributed by atoms with Gasteiger partial charge in [0, 0.05) is 27.6 Å². The van der Waals surface area contributed by atoms with E-state index in [2.05, 4.69) is 31.5 Å². The average molecular weight is 357 g/mol. The van der Waals surface area contributed by atoms with Gasteiger partial charge < -0.3 is 15.7 Å². The lowest BCUT2D eigenvalue weighted by atomic mass is 10.2. The Labute approximate surface area is 129 Å². The van der Waals surface area contributed by atoms with Gasteiger partial charge in [0.1, 0.15) is 5.15 Å². The number of urea groups is 1. The van der Waals surface area contributed by atoms with Crippen LogP contribution in [0.2, 0.25) is 5.15 Å². The Morgan fingerprint density at radius 3 is 2.85 bits per heavy atom. The second-order valence-electron chi connectivity index (χ2n) is 3.87. The van der Waals surface area contributed by atoms with Gasteiger partial charge in [0.2, 0.25) is 0 Å². The van der Waals surface area contributed by atoms with E-state index in [1.807, 2.05) is 0 Å². The van der Waals surface area contributed by atoms with Gasteiger partial charge in [-0.15, -0.1) is 0 Å². The third-order valence-electron chi connectivity index (χ3n) is 2.51. The molecule has 2 rings (SSSR count). The summed E-state index contributed by atoms with van der Waals surface area (Å²) in [5.41, 5.74) is 1.66. The third-order valence-corrected chi connectivity index (χ3v) is 3.46. The van der Waals surface area contributed by atoms with Crippen molar-refractivity contribution in [2.24, 2.45) is 0 Å². The first-order valence-corrected chi connectivity index (χ1v) is 6.85. The highest BCUT2D eigenvalue weighted by molar-refractivity contribution is 9.10. The minimum Gasteiger partial charge on any atom is -0.392 e. The first kappa shape index (κ1) is 14.8. The molecular formula is C13H11BrClN3O2. The molecule has 7 heteroatoms. The lowest BCUT2D eigenvalue weighted by Gasteiger charge is -2.12. The van der Waals surface area contributed by atoms with Gasteiger partial charge in [-0.2, -0.15) is 0 Å². The van der Waals surface area contributed by atoms with Crippen molar-refractivity contribution >= 4 is 44.9 Å². The van der Waals surface area contributed by atoms with Gasteiger partial charge in [0.05, 0.1) is 6.61 Å². The van der Waals surface area contributed by atoms with Crippen molar-refractivity contribution in [2.75, 3.05) is 10.6 Å². The number of aliphatic hydroxyl groups excluding tert-OH is 1. The zero-order valence-corrected chi connectivity index (χ0v) is 12.6. The molecule has 0 saturated carbocycles. The summed E-state index contributed by atoms with van der Waals surface area (Å²) in [7, 11) is 0. The SMILES string of the molecule is O=C(Nc1ccnc(Cl)c1)Nc1cccc(Br)c1CO. The van der Waals surface area contributed by atoms with Crippen molar-refractivity contribution in [3.63, 3.8) is 0 Å². The summed E-state index contributed by atoms with van der Waals surface area (Å²) in [5, 5.41) is 14.9. The molecule has 0 saturated heterocycles. The highest BCUT2D eigenvalue weighted by Crippen LogP contribution is 2.25. The molecule has 0 radical (unpaired) electrons. The average Bonchev–Trinajstić information content (AvgIpc) is 2.38. The van der Waals surface area contributed by atoms with E-state index >= 15 is 0 Å². The molecule has 20 heavy (non-hydrogen) atoms. The van der Waals surface area contributed by atoms with E-state index in [1.54, 1.807) is 24.3 Å². The van der Waals surface area contributed by atoms with Crippen LogP contribution in [0.25, 0.3) is 0 Å². The summed E-state index contributed by atoms with van der Waals surface area (Å²) in [4.78, 5) is 15.7. The van der Waals surface area contributed by atoms with Crippen LogP contribution in [0, 0.1) is 0 Å². The smallest absolute Gasteiger partial charge is 0.323 e. The van der Waals surface area contributed by atoms with Crippen LogP contribution in [0.1, 0.15) is 5.56 Å². The molecule has 2 aromatic rings. The van der Waals surface area contributed by atoms with Crippen molar-refractivity contribution in [3.05, 3.63) is 51.7 Å². The van der Waals surface area contributed by atoms with E-state index in [0.29, 0.717) is 22.1 Å². The molecule has 1 heterocycles. The minimum absolute atomic E-state index is 0.182. The van der Waals surface area contributed by atoms with Gasteiger partial charge in [-0.3, -0.25) is 0 Å². The summed E-state index contributed by atoms with van der Waals surface area (Å²) in [5.74, 6) is 0. The quantitative estimate of drug-likeness (QED) is 0.735. The van der Waals surface area contributed by atoms with Gasteiger partial charge >= 0.3 is 6.03 Å². The predicted octanol–water partition coefficient (Wildman–Crippen LogP) is 3.63. The number of hydrogen-bond donors (Lipinski definition) is 3. The topological polar surface area (TPSA) is 74.2 Å². The summed E-state index contributed by atoms with van der Waals surface area (Å²) >= 11 is 9.05. The maximum absolute atomic E-state index is 11.9. The molecular weight excluding hydrogens is 346 g/mol. The van der Waals surface area contributed by atoms with Gasteiger partial charge in [0.25, 0.3) is 0 Å². The molecule has 0 atom stereocenters. The molecule has 3 N–H and O–H groups in total. The number of pyridine rings is 1. The van der Waals surface area contributed by atoms with E-state index in [0.717, 1.165) is 4.47 Å².